The number of amides is 1. The molecule has 0 saturated carbocycles. The van der Waals surface area contributed by atoms with Crippen LogP contribution in [0.2, 0.25) is 0 Å². The molecule has 0 unspecified atom stereocenters. The number of hydrogen-bond donors (Lipinski definition) is 1. The van der Waals surface area contributed by atoms with Crippen LogP contribution in [0.1, 0.15) is 130 Å². The van der Waals surface area contributed by atoms with Gasteiger partial charge in [0.25, 0.3) is 0 Å². The number of esters is 3. The number of carbonyl (C=O) groups excluding carboxylic acids is 8. The third-order valence-corrected chi connectivity index (χ3v) is 11.1. The fourth-order valence-corrected chi connectivity index (χ4v) is 8.33. The molecule has 3 saturated heterocycles. The monoisotopic (exact) mass is 900 g/mol. The third-order valence-electron chi connectivity index (χ3n) is 11.1. The molecule has 0 aromatic heterocycles. The Morgan fingerprint density at radius 3 is 1.83 bits per heavy atom. The summed E-state index contributed by atoms with van der Waals surface area (Å²) >= 11 is 0. The number of rotatable bonds is 6. The number of ketones is 2. The van der Waals surface area contributed by atoms with Gasteiger partial charge in [-0.2, -0.15) is 0 Å². The van der Waals surface area contributed by atoms with Gasteiger partial charge < -0.3 is 52.8 Å². The lowest BCUT2D eigenvalue weighted by molar-refractivity contribution is -0.297. The van der Waals surface area contributed by atoms with Crippen LogP contribution < -0.4 is 5.32 Å². The van der Waals surface area contributed by atoms with E-state index in [0.29, 0.717) is 6.42 Å². The van der Waals surface area contributed by atoms with Crippen LogP contribution in [0.4, 0.5) is 14.4 Å². The highest BCUT2D eigenvalue weighted by Crippen LogP contribution is 2.41. The second-order valence-corrected chi connectivity index (χ2v) is 19.4. The van der Waals surface area contributed by atoms with Crippen molar-refractivity contribution >= 4 is 47.9 Å². The van der Waals surface area contributed by atoms with Crippen molar-refractivity contribution in [1.29, 1.82) is 0 Å². The molecule has 13 atom stereocenters. The molecule has 3 fully saturated rings. The number of carbonyl (C=O) groups is 8. The Bertz CT molecular complexity index is 1660. The quantitative estimate of drug-likeness (QED) is 0.187. The van der Waals surface area contributed by atoms with Crippen molar-refractivity contribution in [3.05, 3.63) is 0 Å². The van der Waals surface area contributed by atoms with Gasteiger partial charge in [-0.3, -0.25) is 24.0 Å². The van der Waals surface area contributed by atoms with E-state index in [-0.39, 0.29) is 30.8 Å². The maximum absolute atomic E-state index is 14.2. The normalized spacial score (nSPS) is 34.4. The van der Waals surface area contributed by atoms with Crippen molar-refractivity contribution in [2.45, 2.75) is 195 Å². The van der Waals surface area contributed by atoms with Gasteiger partial charge in [0, 0.05) is 31.6 Å². The first-order valence-electron chi connectivity index (χ1n) is 21.4. The van der Waals surface area contributed by atoms with Gasteiger partial charge >= 0.3 is 36.3 Å². The highest BCUT2D eigenvalue weighted by atomic mass is 16.8. The van der Waals surface area contributed by atoms with Crippen LogP contribution in [-0.4, -0.2) is 132 Å². The van der Waals surface area contributed by atoms with Gasteiger partial charge in [-0.05, 0) is 103 Å². The largest absolute Gasteiger partial charge is 0.519 e. The zero-order valence-electron chi connectivity index (χ0n) is 40.4. The summed E-state index contributed by atoms with van der Waals surface area (Å²) in [4.78, 5) is 103. The van der Waals surface area contributed by atoms with Crippen LogP contribution >= 0.6 is 0 Å². The Hall–Kier alpha value is -4.36. The number of fused-ring (bicyclic) bond motifs is 1. The van der Waals surface area contributed by atoms with Crippen molar-refractivity contribution < 1.29 is 81.0 Å². The molecule has 63 heavy (non-hydrogen) atoms. The highest BCUT2D eigenvalue weighted by Gasteiger charge is 2.58. The Morgan fingerprint density at radius 1 is 0.825 bits per heavy atom. The van der Waals surface area contributed by atoms with Crippen LogP contribution in [0.5, 0.6) is 0 Å². The molecule has 3 aliphatic rings. The number of Topliss-reactive ketones (excluding diaryl/α,β-unsaturated/α-hetero) is 2. The van der Waals surface area contributed by atoms with Crippen LogP contribution in [-0.2, 0) is 66.6 Å². The Balaban J connectivity index is 0.000000773. The summed E-state index contributed by atoms with van der Waals surface area (Å²) in [6.45, 7) is 25.6. The summed E-state index contributed by atoms with van der Waals surface area (Å²) < 4.78 is 49.8. The van der Waals surface area contributed by atoms with E-state index in [1.807, 2.05) is 25.9 Å². The van der Waals surface area contributed by atoms with E-state index in [4.69, 9.17) is 37.9 Å². The van der Waals surface area contributed by atoms with Crippen molar-refractivity contribution in [3.8, 4) is 0 Å². The fraction of sp³-hybridized carbons (Fsp3) is 0.818. The van der Waals surface area contributed by atoms with E-state index in [1.54, 1.807) is 83.1 Å². The summed E-state index contributed by atoms with van der Waals surface area (Å²) in [5.74, 6) is -7.01. The summed E-state index contributed by atoms with van der Waals surface area (Å²) in [6.07, 6.45) is -6.97. The van der Waals surface area contributed by atoms with Gasteiger partial charge in [0.1, 0.15) is 40.7 Å². The molecule has 0 aromatic rings. The number of likely N-dealkylation sites (N-methyl/N-ethyl adjacent to an activating group) is 1. The summed E-state index contributed by atoms with van der Waals surface area (Å²) in [5.41, 5.74) is -4.44. The Morgan fingerprint density at radius 2 is 1.37 bits per heavy atom. The molecular weight excluding hydrogens is 828 g/mol. The minimum absolute atomic E-state index is 0.0933. The molecule has 0 bridgehead atoms. The molecule has 19 nitrogen and oxygen atoms in total. The van der Waals surface area contributed by atoms with Gasteiger partial charge in [0.2, 0.25) is 0 Å². The predicted octanol–water partition coefficient (Wildman–Crippen LogP) is 5.84. The molecule has 0 spiro atoms. The molecule has 3 rings (SSSR count). The topological polar surface area (TPSA) is 235 Å². The van der Waals surface area contributed by atoms with E-state index in [9.17, 15) is 38.4 Å². The fourth-order valence-electron chi connectivity index (χ4n) is 8.33. The van der Waals surface area contributed by atoms with Crippen molar-refractivity contribution in [1.82, 2.24) is 10.2 Å². The zero-order chi connectivity index (χ0) is 48.7. The number of hydrogen-bond acceptors (Lipinski definition) is 18. The van der Waals surface area contributed by atoms with Gasteiger partial charge in [-0.25, -0.2) is 14.4 Å². The van der Waals surface area contributed by atoms with Crippen molar-refractivity contribution in [2.75, 3.05) is 14.1 Å². The maximum Gasteiger partial charge on any atom is 0.519 e. The summed E-state index contributed by atoms with van der Waals surface area (Å²) in [5, 5.41) is 2.72. The molecule has 0 aromatic carbocycles. The highest BCUT2D eigenvalue weighted by molar-refractivity contribution is 6.00. The number of nitrogens with one attached hydrogen (secondary N) is 1. The summed E-state index contributed by atoms with van der Waals surface area (Å²) in [7, 11) is 3.67. The van der Waals surface area contributed by atoms with E-state index < -0.39 is 119 Å². The van der Waals surface area contributed by atoms with E-state index in [2.05, 4.69) is 10.1 Å². The minimum atomic E-state index is -1.63. The molecule has 0 aliphatic carbocycles. The average molecular weight is 901 g/mol. The smallest absolute Gasteiger partial charge is 0.458 e. The first-order chi connectivity index (χ1) is 28.7. The van der Waals surface area contributed by atoms with Gasteiger partial charge in [-0.15, -0.1) is 0 Å². The summed E-state index contributed by atoms with van der Waals surface area (Å²) in [6, 6.07) is -1.20. The molecule has 19 heteroatoms. The third kappa shape index (κ3) is 15.1. The number of nitrogens with zero attached hydrogens (tertiary/aromatic N) is 1. The lowest BCUT2D eigenvalue weighted by Gasteiger charge is -2.47. The lowest BCUT2D eigenvalue weighted by atomic mass is 9.73. The van der Waals surface area contributed by atoms with E-state index >= 15 is 0 Å². The maximum atomic E-state index is 14.2. The van der Waals surface area contributed by atoms with Crippen LogP contribution in [0.15, 0.2) is 0 Å². The number of cyclic esters (lactones) is 1. The Kier molecular flexibility index (Phi) is 18.7. The molecule has 360 valence electrons. The van der Waals surface area contributed by atoms with Crippen LogP contribution in [0.25, 0.3) is 0 Å². The molecule has 3 heterocycles. The van der Waals surface area contributed by atoms with Crippen molar-refractivity contribution in [2.24, 2.45) is 23.7 Å². The molecule has 3 aliphatic heterocycles. The first kappa shape index (κ1) is 54.8. The van der Waals surface area contributed by atoms with Gasteiger partial charge in [0.15, 0.2) is 23.8 Å². The van der Waals surface area contributed by atoms with E-state index in [1.165, 1.54) is 20.8 Å². The number of alkyl carbamates (subject to hydrolysis) is 1. The minimum Gasteiger partial charge on any atom is -0.458 e. The van der Waals surface area contributed by atoms with Gasteiger partial charge in [-0.1, -0.05) is 27.7 Å². The van der Waals surface area contributed by atoms with Crippen LogP contribution in [0.3, 0.4) is 0 Å². The average Bonchev–Trinajstić information content (AvgIpc) is 3.43. The zero-order valence-corrected chi connectivity index (χ0v) is 40.4. The SMILES string of the molecule is CC(C)(C)OC(=O)OC(=O)OC(C)(C)C.CC[C@H]1OC(=O)[C@H](C)C(=O)[C@H](C)[C@@H](O[C@@H]2O[C@H](C)C[C@H](N(C)C)[C@H]2OC(C)=O)[C@](C)(OC(C)=O)C[C@@H](C)C(=O)[C@H](C)[C@H]2NC(=O)O[C@@]21C. The molecule has 0 radical (unpaired) electrons. The molecule has 1 N–H and O–H groups in total. The van der Waals surface area contributed by atoms with Gasteiger partial charge in [0.05, 0.1) is 18.2 Å². The number of ether oxygens (including phenoxy) is 9. The predicted molar refractivity (Wildman–Crippen MR) is 224 cm³/mol. The molecule has 1 amide bonds. The second-order valence-electron chi connectivity index (χ2n) is 19.4. The van der Waals surface area contributed by atoms with E-state index in [0.717, 1.165) is 0 Å². The van der Waals surface area contributed by atoms with Crippen molar-refractivity contribution in [3.63, 3.8) is 0 Å². The molecular formula is C44H72N2O17. The standard InChI is InChI=1S/C34H54N2O12.C10H18O5/c1-13-24-34(10)28(35-32(42)48-34)18(4)25(39)16(2)15-33(9,47-22(8)38)29(19(5)26(40)20(6)30(41)45-24)46-31-27(44-21(7)37)23(36(11)12)14-17(3)43-31;1-9(2,3)14-7(11)13-8(12)15-10(4,5)6/h16-20,23-24,27-29,31H,13-15H2,1-12H3,(H,35,42);1-6H3/t16-,17-,18+,19+,20-,23+,24-,27-,28-,29-,31+,33-,34-;/m1./s1. The Labute approximate surface area is 371 Å². The first-order valence-corrected chi connectivity index (χ1v) is 21.4. The second kappa shape index (κ2) is 21.5. The van der Waals surface area contributed by atoms with Crippen LogP contribution in [0, 0.1) is 23.7 Å². The lowest BCUT2D eigenvalue weighted by Crippen LogP contribution is -2.61.